The molecule has 1 aromatic rings. The van der Waals surface area contributed by atoms with Gasteiger partial charge in [-0.2, -0.15) is 0 Å². The first-order chi connectivity index (χ1) is 9.54. The molecule has 1 aromatic carbocycles. The van der Waals surface area contributed by atoms with Crippen LogP contribution in [0, 0.1) is 18.7 Å². The topological polar surface area (TPSA) is 15.7 Å². The smallest absolute Gasteiger partial charge is 0.127 e. The summed E-state index contributed by atoms with van der Waals surface area (Å²) in [5.41, 5.74) is 1.90. The van der Waals surface area contributed by atoms with Gasteiger partial charge in [-0.1, -0.05) is 17.7 Å². The first-order valence-corrected chi connectivity index (χ1v) is 7.24. The van der Waals surface area contributed by atoms with E-state index in [1.165, 1.54) is 0 Å². The van der Waals surface area contributed by atoms with E-state index < -0.39 is 0 Å². The molecule has 0 amide bonds. The molecule has 0 aliphatic carbocycles. The van der Waals surface area contributed by atoms with Crippen molar-refractivity contribution in [1.29, 1.82) is 0 Å². The number of hydrogen-bond acceptors (Lipinski definition) is 3. The Balaban J connectivity index is 2.01. The average molecular weight is 280 g/mol. The molecule has 0 radical (unpaired) electrons. The maximum atomic E-state index is 13.9. The number of hydrogen-bond donors (Lipinski definition) is 0. The number of aryl methyl sites for hydroxylation is 1. The zero-order chi connectivity index (χ0) is 14.5. The highest BCUT2D eigenvalue weighted by Crippen LogP contribution is 2.15. The van der Waals surface area contributed by atoms with Gasteiger partial charge in [-0.3, -0.25) is 4.90 Å². The van der Waals surface area contributed by atoms with E-state index in [2.05, 4.69) is 23.9 Å². The lowest BCUT2D eigenvalue weighted by Gasteiger charge is -2.25. The predicted molar refractivity (Wildman–Crippen MR) is 79.3 cm³/mol. The van der Waals surface area contributed by atoms with E-state index >= 15 is 0 Å². The second-order valence-electron chi connectivity index (χ2n) is 6.03. The molecule has 4 heteroatoms. The molecule has 2 rings (SSSR count). The molecule has 0 spiro atoms. The van der Waals surface area contributed by atoms with Gasteiger partial charge in [-0.05, 0) is 27.1 Å². The van der Waals surface area contributed by atoms with E-state index in [1.807, 2.05) is 19.1 Å². The third-order valence-electron chi connectivity index (χ3n) is 3.64. The van der Waals surface area contributed by atoms with Crippen molar-refractivity contribution in [3.05, 3.63) is 35.1 Å². The summed E-state index contributed by atoms with van der Waals surface area (Å²) in [4.78, 5) is 4.49. The summed E-state index contributed by atoms with van der Waals surface area (Å²) < 4.78 is 19.5. The molecular formula is C16H25FN2O. The van der Waals surface area contributed by atoms with Crippen LogP contribution in [-0.2, 0) is 11.3 Å². The molecular weight excluding hydrogens is 255 g/mol. The molecule has 1 heterocycles. The summed E-state index contributed by atoms with van der Waals surface area (Å²) in [6.45, 7) is 7.04. The third-order valence-corrected chi connectivity index (χ3v) is 3.64. The van der Waals surface area contributed by atoms with Gasteiger partial charge >= 0.3 is 0 Å². The molecule has 0 unspecified atom stereocenters. The van der Waals surface area contributed by atoms with Gasteiger partial charge < -0.3 is 9.64 Å². The summed E-state index contributed by atoms with van der Waals surface area (Å²) in [6, 6.07) is 5.33. The molecule has 1 aliphatic rings. The second kappa shape index (κ2) is 7.16. The standard InChI is InChI=1S/C16H25FN2O/c1-13-4-5-16(17)15(8-13)11-19-6-7-20-12-14(10-19)9-18(2)3/h4-5,8,14H,6-7,9-12H2,1-3H3/t14-/m0/s1. The van der Waals surface area contributed by atoms with Crippen LogP contribution in [0.3, 0.4) is 0 Å². The third kappa shape index (κ3) is 4.54. The van der Waals surface area contributed by atoms with Gasteiger partial charge in [0, 0.05) is 37.7 Å². The normalized spacial score (nSPS) is 21.1. The van der Waals surface area contributed by atoms with E-state index in [1.54, 1.807) is 6.07 Å². The van der Waals surface area contributed by atoms with Crippen molar-refractivity contribution in [2.24, 2.45) is 5.92 Å². The summed E-state index contributed by atoms with van der Waals surface area (Å²) in [5, 5.41) is 0. The van der Waals surface area contributed by atoms with Gasteiger partial charge in [0.1, 0.15) is 5.82 Å². The number of halogens is 1. The minimum absolute atomic E-state index is 0.107. The van der Waals surface area contributed by atoms with Gasteiger partial charge in [0.25, 0.3) is 0 Å². The maximum absolute atomic E-state index is 13.9. The van der Waals surface area contributed by atoms with Gasteiger partial charge in [0.05, 0.1) is 13.2 Å². The molecule has 112 valence electrons. The van der Waals surface area contributed by atoms with Gasteiger partial charge in [0.2, 0.25) is 0 Å². The van der Waals surface area contributed by atoms with Crippen molar-refractivity contribution >= 4 is 0 Å². The Labute approximate surface area is 121 Å². The quantitative estimate of drug-likeness (QED) is 0.840. The van der Waals surface area contributed by atoms with Crippen LogP contribution in [0.15, 0.2) is 18.2 Å². The van der Waals surface area contributed by atoms with Crippen molar-refractivity contribution in [3.63, 3.8) is 0 Å². The zero-order valence-electron chi connectivity index (χ0n) is 12.7. The molecule has 1 atom stereocenters. The predicted octanol–water partition coefficient (Wildman–Crippen LogP) is 2.14. The molecule has 20 heavy (non-hydrogen) atoms. The SMILES string of the molecule is Cc1ccc(F)c(CN2CCOC[C@@H](CN(C)C)C2)c1. The van der Waals surface area contributed by atoms with Crippen molar-refractivity contribution in [2.45, 2.75) is 13.5 Å². The van der Waals surface area contributed by atoms with Crippen molar-refractivity contribution in [2.75, 3.05) is 46.9 Å². The Bertz CT molecular complexity index is 436. The van der Waals surface area contributed by atoms with Crippen molar-refractivity contribution in [1.82, 2.24) is 9.80 Å². The van der Waals surface area contributed by atoms with E-state index in [0.717, 1.165) is 44.0 Å². The lowest BCUT2D eigenvalue weighted by atomic mass is 10.1. The Hall–Kier alpha value is -0.970. The molecule has 1 aliphatic heterocycles. The van der Waals surface area contributed by atoms with Crippen LogP contribution in [0.25, 0.3) is 0 Å². The molecule has 0 saturated carbocycles. The van der Waals surface area contributed by atoms with E-state index in [0.29, 0.717) is 12.5 Å². The molecule has 3 nitrogen and oxygen atoms in total. The van der Waals surface area contributed by atoms with Crippen LogP contribution >= 0.6 is 0 Å². The average Bonchev–Trinajstić information content (AvgIpc) is 2.58. The van der Waals surface area contributed by atoms with Gasteiger partial charge in [-0.25, -0.2) is 4.39 Å². The van der Waals surface area contributed by atoms with Crippen molar-refractivity contribution in [3.8, 4) is 0 Å². The molecule has 0 N–H and O–H groups in total. The molecule has 1 saturated heterocycles. The summed E-state index contributed by atoms with van der Waals surface area (Å²) in [5.74, 6) is 0.380. The highest BCUT2D eigenvalue weighted by Gasteiger charge is 2.20. The van der Waals surface area contributed by atoms with E-state index in [9.17, 15) is 4.39 Å². The van der Waals surface area contributed by atoms with Gasteiger partial charge in [0.15, 0.2) is 0 Å². The lowest BCUT2D eigenvalue weighted by Crippen LogP contribution is -2.34. The van der Waals surface area contributed by atoms with Crippen molar-refractivity contribution < 1.29 is 9.13 Å². The first kappa shape index (κ1) is 15.4. The highest BCUT2D eigenvalue weighted by atomic mass is 19.1. The van der Waals surface area contributed by atoms with Crippen LogP contribution in [0.4, 0.5) is 4.39 Å². The summed E-state index contributed by atoms with van der Waals surface area (Å²) >= 11 is 0. The Morgan fingerprint density at radius 2 is 2.20 bits per heavy atom. The maximum Gasteiger partial charge on any atom is 0.127 e. The first-order valence-electron chi connectivity index (χ1n) is 7.24. The number of benzene rings is 1. The zero-order valence-corrected chi connectivity index (χ0v) is 12.7. The number of ether oxygens (including phenoxy) is 1. The van der Waals surface area contributed by atoms with Crippen LogP contribution in [0.1, 0.15) is 11.1 Å². The summed E-state index contributed by atoms with van der Waals surface area (Å²) in [7, 11) is 4.16. The fourth-order valence-electron chi connectivity index (χ4n) is 2.79. The molecule has 1 fully saturated rings. The van der Waals surface area contributed by atoms with Crippen LogP contribution in [-0.4, -0.2) is 56.7 Å². The van der Waals surface area contributed by atoms with Crippen LogP contribution in [0.2, 0.25) is 0 Å². The monoisotopic (exact) mass is 280 g/mol. The van der Waals surface area contributed by atoms with E-state index in [4.69, 9.17) is 4.74 Å². The number of rotatable bonds is 4. The van der Waals surface area contributed by atoms with Crippen LogP contribution < -0.4 is 0 Å². The molecule has 0 bridgehead atoms. The second-order valence-corrected chi connectivity index (χ2v) is 6.03. The fourth-order valence-corrected chi connectivity index (χ4v) is 2.79. The largest absolute Gasteiger partial charge is 0.380 e. The summed E-state index contributed by atoms with van der Waals surface area (Å²) in [6.07, 6.45) is 0. The Morgan fingerprint density at radius 1 is 1.40 bits per heavy atom. The lowest BCUT2D eigenvalue weighted by molar-refractivity contribution is 0.112. The van der Waals surface area contributed by atoms with Crippen LogP contribution in [0.5, 0.6) is 0 Å². The molecule has 0 aromatic heterocycles. The Morgan fingerprint density at radius 3 is 2.95 bits per heavy atom. The van der Waals surface area contributed by atoms with Gasteiger partial charge in [-0.15, -0.1) is 0 Å². The minimum Gasteiger partial charge on any atom is -0.380 e. The number of nitrogens with zero attached hydrogens (tertiary/aromatic N) is 2. The highest BCUT2D eigenvalue weighted by molar-refractivity contribution is 5.24. The van der Waals surface area contributed by atoms with E-state index in [-0.39, 0.29) is 5.82 Å². The minimum atomic E-state index is -0.107. The Kier molecular flexibility index (Phi) is 5.52. The fraction of sp³-hybridized carbons (Fsp3) is 0.625.